The number of nitrogens with two attached hydrogens (primary N) is 1. The summed E-state index contributed by atoms with van der Waals surface area (Å²) < 4.78 is 0. The Kier molecular flexibility index (Phi) is 6.85. The van der Waals surface area contributed by atoms with Gasteiger partial charge < -0.3 is 16.4 Å². The Morgan fingerprint density at radius 1 is 1.24 bits per heavy atom. The number of carbonyl (C=O) groups excluding carboxylic acids is 2. The number of amides is 2. The summed E-state index contributed by atoms with van der Waals surface area (Å²) in [5.74, 6) is -0.658. The van der Waals surface area contributed by atoms with Crippen molar-refractivity contribution in [3.8, 4) is 0 Å². The normalized spacial score (nSPS) is 12.3. The maximum absolute atomic E-state index is 11.9. The van der Waals surface area contributed by atoms with E-state index in [4.69, 9.17) is 5.73 Å². The van der Waals surface area contributed by atoms with Crippen molar-refractivity contribution in [1.29, 1.82) is 0 Å². The molecule has 0 saturated carbocycles. The lowest BCUT2D eigenvalue weighted by Crippen LogP contribution is -2.46. The van der Waals surface area contributed by atoms with Gasteiger partial charge in [-0.1, -0.05) is 50.3 Å². The van der Waals surface area contributed by atoms with Crippen molar-refractivity contribution < 1.29 is 9.59 Å². The van der Waals surface area contributed by atoms with Gasteiger partial charge in [0, 0.05) is 5.38 Å². The predicted octanol–water partition coefficient (Wildman–Crippen LogP) is 2.35. The van der Waals surface area contributed by atoms with Crippen LogP contribution in [0.15, 0.2) is 35.7 Å². The standard InChI is InChI=1S/C18H22N4O2S/c1-12(2)16(19)17(24)20-10-15(23)22-18-21-14(11-25-18)9-8-13-6-4-3-5-7-13/h3-9,11-12,16H,10,19H2,1-2H3,(H,20,24)(H,21,22,23)/b9-8+/t16-/m0/s1. The summed E-state index contributed by atoms with van der Waals surface area (Å²) >= 11 is 1.33. The highest BCUT2D eigenvalue weighted by Crippen LogP contribution is 2.17. The number of hydrogen-bond acceptors (Lipinski definition) is 5. The highest BCUT2D eigenvalue weighted by atomic mass is 32.1. The zero-order valence-electron chi connectivity index (χ0n) is 14.2. The van der Waals surface area contributed by atoms with E-state index in [1.807, 2.05) is 61.7 Å². The molecule has 0 saturated heterocycles. The van der Waals surface area contributed by atoms with Gasteiger partial charge in [0.05, 0.1) is 18.3 Å². The molecule has 0 radical (unpaired) electrons. The van der Waals surface area contributed by atoms with E-state index >= 15 is 0 Å². The van der Waals surface area contributed by atoms with Crippen molar-refractivity contribution in [3.05, 3.63) is 47.0 Å². The highest BCUT2D eigenvalue weighted by molar-refractivity contribution is 7.14. The summed E-state index contributed by atoms with van der Waals surface area (Å²) in [5.41, 5.74) is 7.56. The second-order valence-electron chi connectivity index (χ2n) is 5.86. The molecule has 25 heavy (non-hydrogen) atoms. The molecule has 132 valence electrons. The van der Waals surface area contributed by atoms with Crippen LogP contribution in [0, 0.1) is 5.92 Å². The average Bonchev–Trinajstić information content (AvgIpc) is 3.05. The van der Waals surface area contributed by atoms with Crippen molar-refractivity contribution in [2.45, 2.75) is 19.9 Å². The molecule has 0 aliphatic carbocycles. The molecule has 0 spiro atoms. The molecule has 0 unspecified atom stereocenters. The third-order valence-corrected chi connectivity index (χ3v) is 4.23. The fraction of sp³-hybridized carbons (Fsp3) is 0.278. The van der Waals surface area contributed by atoms with Crippen LogP contribution in [0.5, 0.6) is 0 Å². The van der Waals surface area contributed by atoms with Gasteiger partial charge in [-0.2, -0.15) is 0 Å². The lowest BCUT2D eigenvalue weighted by molar-refractivity contribution is -0.125. The van der Waals surface area contributed by atoms with E-state index in [0.29, 0.717) is 5.13 Å². The minimum Gasteiger partial charge on any atom is -0.346 e. The van der Waals surface area contributed by atoms with Gasteiger partial charge in [0.15, 0.2) is 5.13 Å². The number of hydrogen-bond donors (Lipinski definition) is 3. The number of carbonyl (C=O) groups is 2. The van der Waals surface area contributed by atoms with Gasteiger partial charge in [0.2, 0.25) is 11.8 Å². The van der Waals surface area contributed by atoms with Crippen LogP contribution in [-0.2, 0) is 9.59 Å². The first kappa shape index (κ1) is 18.8. The zero-order valence-corrected chi connectivity index (χ0v) is 15.0. The molecule has 2 aromatic rings. The van der Waals surface area contributed by atoms with E-state index in [2.05, 4.69) is 15.6 Å². The number of thiazole rings is 1. The Balaban J connectivity index is 1.83. The summed E-state index contributed by atoms with van der Waals surface area (Å²) in [6.07, 6.45) is 3.83. The number of nitrogens with one attached hydrogen (secondary N) is 2. The Morgan fingerprint density at radius 3 is 2.64 bits per heavy atom. The molecular weight excluding hydrogens is 336 g/mol. The molecule has 0 aliphatic heterocycles. The number of benzene rings is 1. The molecular formula is C18H22N4O2S. The fourth-order valence-electron chi connectivity index (χ4n) is 1.92. The molecule has 1 atom stereocenters. The van der Waals surface area contributed by atoms with Gasteiger partial charge in [-0.05, 0) is 17.6 Å². The van der Waals surface area contributed by atoms with Gasteiger partial charge in [-0.3, -0.25) is 9.59 Å². The molecule has 0 bridgehead atoms. The smallest absolute Gasteiger partial charge is 0.245 e. The van der Waals surface area contributed by atoms with E-state index in [1.165, 1.54) is 11.3 Å². The second-order valence-corrected chi connectivity index (χ2v) is 6.72. The first-order valence-corrected chi connectivity index (χ1v) is 8.85. The Bertz CT molecular complexity index is 741. The first-order valence-electron chi connectivity index (χ1n) is 7.97. The predicted molar refractivity (Wildman–Crippen MR) is 102 cm³/mol. The molecule has 0 fully saturated rings. The number of aromatic nitrogens is 1. The lowest BCUT2D eigenvalue weighted by Gasteiger charge is -2.14. The van der Waals surface area contributed by atoms with Crippen LogP contribution in [0.25, 0.3) is 12.2 Å². The number of anilines is 1. The van der Waals surface area contributed by atoms with Crippen LogP contribution >= 0.6 is 11.3 Å². The van der Waals surface area contributed by atoms with E-state index in [-0.39, 0.29) is 24.3 Å². The Labute approximate surface area is 151 Å². The average molecular weight is 358 g/mol. The quantitative estimate of drug-likeness (QED) is 0.708. The maximum atomic E-state index is 11.9. The van der Waals surface area contributed by atoms with Gasteiger partial charge in [-0.25, -0.2) is 4.98 Å². The third-order valence-electron chi connectivity index (χ3n) is 3.46. The van der Waals surface area contributed by atoms with Crippen LogP contribution in [0.2, 0.25) is 0 Å². The second kappa shape index (κ2) is 9.10. The van der Waals surface area contributed by atoms with Gasteiger partial charge in [-0.15, -0.1) is 11.3 Å². The molecule has 7 heteroatoms. The van der Waals surface area contributed by atoms with E-state index in [9.17, 15) is 9.59 Å². The molecule has 0 aliphatic rings. The van der Waals surface area contributed by atoms with E-state index in [1.54, 1.807) is 0 Å². The Hall–Kier alpha value is -2.51. The van der Waals surface area contributed by atoms with Gasteiger partial charge in [0.1, 0.15) is 0 Å². The largest absolute Gasteiger partial charge is 0.346 e. The maximum Gasteiger partial charge on any atom is 0.245 e. The van der Waals surface area contributed by atoms with Crippen molar-refractivity contribution in [2.24, 2.45) is 11.7 Å². The summed E-state index contributed by atoms with van der Waals surface area (Å²) in [6, 6.07) is 9.26. The molecule has 6 nitrogen and oxygen atoms in total. The summed E-state index contributed by atoms with van der Waals surface area (Å²) in [4.78, 5) is 27.9. The molecule has 4 N–H and O–H groups in total. The molecule has 1 aromatic heterocycles. The summed E-state index contributed by atoms with van der Waals surface area (Å²) in [5, 5.41) is 7.52. The van der Waals surface area contributed by atoms with E-state index in [0.717, 1.165) is 11.3 Å². The van der Waals surface area contributed by atoms with Crippen LogP contribution in [-0.4, -0.2) is 29.4 Å². The lowest BCUT2D eigenvalue weighted by atomic mass is 10.1. The summed E-state index contributed by atoms with van der Waals surface area (Å²) in [7, 11) is 0. The van der Waals surface area contributed by atoms with Crippen molar-refractivity contribution in [3.63, 3.8) is 0 Å². The molecule has 1 heterocycles. The van der Waals surface area contributed by atoms with Crippen LogP contribution in [0.1, 0.15) is 25.1 Å². The molecule has 2 amide bonds. The van der Waals surface area contributed by atoms with Gasteiger partial charge in [0.25, 0.3) is 0 Å². The number of nitrogens with zero attached hydrogens (tertiary/aromatic N) is 1. The summed E-state index contributed by atoms with van der Waals surface area (Å²) in [6.45, 7) is 3.57. The first-order chi connectivity index (χ1) is 12.0. The van der Waals surface area contributed by atoms with E-state index < -0.39 is 6.04 Å². The van der Waals surface area contributed by atoms with Crippen LogP contribution in [0.4, 0.5) is 5.13 Å². The topological polar surface area (TPSA) is 97.1 Å². The van der Waals surface area contributed by atoms with Crippen molar-refractivity contribution >= 4 is 40.4 Å². The van der Waals surface area contributed by atoms with Crippen molar-refractivity contribution in [1.82, 2.24) is 10.3 Å². The van der Waals surface area contributed by atoms with Crippen LogP contribution < -0.4 is 16.4 Å². The minimum atomic E-state index is -0.623. The Morgan fingerprint density at radius 2 is 1.96 bits per heavy atom. The van der Waals surface area contributed by atoms with Crippen LogP contribution in [0.3, 0.4) is 0 Å². The number of rotatable bonds is 7. The molecule has 1 aromatic carbocycles. The van der Waals surface area contributed by atoms with Crippen molar-refractivity contribution in [2.75, 3.05) is 11.9 Å². The monoisotopic (exact) mass is 358 g/mol. The highest BCUT2D eigenvalue weighted by Gasteiger charge is 2.17. The fourth-order valence-corrected chi connectivity index (χ4v) is 2.61. The minimum absolute atomic E-state index is 0.0148. The molecule has 2 rings (SSSR count). The zero-order chi connectivity index (χ0) is 18.2. The third kappa shape index (κ3) is 6.13. The van der Waals surface area contributed by atoms with Gasteiger partial charge >= 0.3 is 0 Å². The SMILES string of the molecule is CC(C)[C@H](N)C(=O)NCC(=O)Nc1nc(/C=C/c2ccccc2)cs1.